The lowest BCUT2D eigenvalue weighted by Gasteiger charge is -2.30. The van der Waals surface area contributed by atoms with E-state index in [1.165, 1.54) is 33.3 Å². The van der Waals surface area contributed by atoms with Gasteiger partial charge >= 0.3 is 0 Å². The number of hydrogen-bond donors (Lipinski definition) is 0. The van der Waals surface area contributed by atoms with Crippen molar-refractivity contribution in [1.82, 2.24) is 4.57 Å². The topological polar surface area (TPSA) is 71.7 Å². The molecule has 0 saturated heterocycles. The number of para-hydroxylation sites is 1. The first-order valence-corrected chi connectivity index (χ1v) is 14.5. The molecule has 0 atom stereocenters. The number of amides is 1. The van der Waals surface area contributed by atoms with Crippen LogP contribution in [0.25, 0.3) is 10.2 Å². The Kier molecular flexibility index (Phi) is 6.57. The van der Waals surface area contributed by atoms with E-state index >= 15 is 0 Å². The summed E-state index contributed by atoms with van der Waals surface area (Å²) in [6.45, 7) is 7.49. The third kappa shape index (κ3) is 4.40. The molecule has 0 saturated carbocycles. The SMILES string of the molecule is CCn1c(=NC(=O)c2ccc(S(=O)(=O)N3CCCc4ccccc43)cc2)sc2cc(C(C)C)ccc21. The summed E-state index contributed by atoms with van der Waals surface area (Å²) >= 11 is 1.50. The standard InChI is InChI=1S/C28H29N3O3S2/c1-4-30-25-16-13-22(19(2)3)18-26(25)35-28(30)29-27(32)21-11-14-23(15-12-21)36(33,34)31-17-7-9-20-8-5-6-10-24(20)31/h5-6,8,10-16,18-19H,4,7,9,17H2,1-3H3. The molecule has 1 amide bonds. The Morgan fingerprint density at radius 3 is 2.53 bits per heavy atom. The summed E-state index contributed by atoms with van der Waals surface area (Å²) in [7, 11) is -3.73. The van der Waals surface area contributed by atoms with Crippen LogP contribution in [0.3, 0.4) is 0 Å². The first kappa shape index (κ1) is 24.5. The highest BCUT2D eigenvalue weighted by atomic mass is 32.2. The number of aryl methyl sites for hydroxylation is 2. The number of carbonyl (C=O) groups is 1. The van der Waals surface area contributed by atoms with E-state index < -0.39 is 10.0 Å². The van der Waals surface area contributed by atoms with E-state index in [2.05, 4.69) is 37.0 Å². The maximum absolute atomic E-state index is 13.4. The number of fused-ring (bicyclic) bond motifs is 2. The molecule has 0 radical (unpaired) electrons. The maximum Gasteiger partial charge on any atom is 0.279 e. The number of hydrogen-bond acceptors (Lipinski definition) is 4. The molecular formula is C28H29N3O3S2. The zero-order valence-electron chi connectivity index (χ0n) is 20.6. The van der Waals surface area contributed by atoms with Crippen LogP contribution in [-0.2, 0) is 23.0 Å². The fraction of sp³-hybridized carbons (Fsp3) is 0.286. The smallest absolute Gasteiger partial charge is 0.279 e. The lowest BCUT2D eigenvalue weighted by molar-refractivity contribution is 0.0997. The molecule has 0 N–H and O–H groups in total. The Morgan fingerprint density at radius 2 is 1.81 bits per heavy atom. The van der Waals surface area contributed by atoms with Crippen molar-refractivity contribution >= 4 is 43.2 Å². The van der Waals surface area contributed by atoms with E-state index in [0.717, 1.165) is 34.3 Å². The van der Waals surface area contributed by atoms with Crippen LogP contribution < -0.4 is 9.11 Å². The lowest BCUT2D eigenvalue weighted by atomic mass is 10.0. The largest absolute Gasteiger partial charge is 0.317 e. The summed E-state index contributed by atoms with van der Waals surface area (Å²) in [6.07, 6.45) is 1.64. The normalized spacial score (nSPS) is 14.4. The van der Waals surface area contributed by atoms with Gasteiger partial charge in [0.25, 0.3) is 15.9 Å². The fourth-order valence-corrected chi connectivity index (χ4v) is 7.32. The van der Waals surface area contributed by atoms with Gasteiger partial charge < -0.3 is 4.57 Å². The minimum Gasteiger partial charge on any atom is -0.317 e. The lowest BCUT2D eigenvalue weighted by Crippen LogP contribution is -2.35. The summed E-state index contributed by atoms with van der Waals surface area (Å²) in [5.41, 5.74) is 4.43. The Bertz CT molecular complexity index is 1610. The number of benzene rings is 3. The first-order valence-electron chi connectivity index (χ1n) is 12.2. The summed E-state index contributed by atoms with van der Waals surface area (Å²) < 4.78 is 31.4. The molecule has 8 heteroatoms. The van der Waals surface area contributed by atoms with E-state index in [0.29, 0.717) is 29.4 Å². The first-order chi connectivity index (χ1) is 17.3. The molecule has 36 heavy (non-hydrogen) atoms. The number of rotatable bonds is 5. The molecule has 5 rings (SSSR count). The van der Waals surface area contributed by atoms with Crippen LogP contribution in [0.4, 0.5) is 5.69 Å². The highest BCUT2D eigenvalue weighted by molar-refractivity contribution is 7.92. The van der Waals surface area contributed by atoms with Crippen LogP contribution >= 0.6 is 11.3 Å². The minimum absolute atomic E-state index is 0.169. The van der Waals surface area contributed by atoms with Gasteiger partial charge in [0.15, 0.2) is 4.80 Å². The summed E-state index contributed by atoms with van der Waals surface area (Å²) in [5, 5.41) is 0. The van der Waals surface area contributed by atoms with Crippen LogP contribution in [0.2, 0.25) is 0 Å². The average Bonchev–Trinajstić information content (AvgIpc) is 3.24. The Hall–Kier alpha value is -3.23. The van der Waals surface area contributed by atoms with Crippen molar-refractivity contribution in [3.05, 3.63) is 88.2 Å². The van der Waals surface area contributed by atoms with Crippen molar-refractivity contribution in [1.29, 1.82) is 0 Å². The predicted molar refractivity (Wildman–Crippen MR) is 145 cm³/mol. The van der Waals surface area contributed by atoms with Gasteiger partial charge in [0.05, 0.1) is 20.8 Å². The molecule has 1 aromatic heterocycles. The molecule has 0 unspecified atom stereocenters. The molecule has 0 bridgehead atoms. The average molecular weight is 520 g/mol. The number of carbonyl (C=O) groups excluding carboxylic acids is 1. The fourth-order valence-electron chi connectivity index (χ4n) is 4.64. The van der Waals surface area contributed by atoms with Gasteiger partial charge in [-0.2, -0.15) is 4.99 Å². The monoisotopic (exact) mass is 519 g/mol. The van der Waals surface area contributed by atoms with E-state index in [9.17, 15) is 13.2 Å². The van der Waals surface area contributed by atoms with Gasteiger partial charge in [0.1, 0.15) is 0 Å². The van der Waals surface area contributed by atoms with Gasteiger partial charge in [0.2, 0.25) is 0 Å². The summed E-state index contributed by atoms with van der Waals surface area (Å²) in [4.78, 5) is 18.2. The highest BCUT2D eigenvalue weighted by Crippen LogP contribution is 2.32. The Balaban J connectivity index is 1.46. The second-order valence-corrected chi connectivity index (χ2v) is 12.1. The molecule has 1 aliphatic heterocycles. The zero-order valence-corrected chi connectivity index (χ0v) is 22.3. The molecule has 0 spiro atoms. The Morgan fingerprint density at radius 1 is 1.06 bits per heavy atom. The van der Waals surface area contributed by atoms with Crippen LogP contribution in [0.15, 0.2) is 76.6 Å². The van der Waals surface area contributed by atoms with Crippen molar-refractivity contribution in [2.75, 3.05) is 10.8 Å². The molecule has 1 aliphatic rings. The van der Waals surface area contributed by atoms with Gasteiger partial charge in [-0.1, -0.05) is 49.4 Å². The van der Waals surface area contributed by atoms with Crippen molar-refractivity contribution in [3.63, 3.8) is 0 Å². The molecule has 3 aromatic carbocycles. The van der Waals surface area contributed by atoms with Gasteiger partial charge in [-0.15, -0.1) is 0 Å². The number of sulfonamides is 1. The van der Waals surface area contributed by atoms with Crippen molar-refractivity contribution in [3.8, 4) is 0 Å². The van der Waals surface area contributed by atoms with Crippen molar-refractivity contribution in [2.45, 2.75) is 51.0 Å². The van der Waals surface area contributed by atoms with Crippen molar-refractivity contribution < 1.29 is 13.2 Å². The number of aromatic nitrogens is 1. The molecule has 0 fully saturated rings. The Labute approximate surface area is 215 Å². The predicted octanol–water partition coefficient (Wildman–Crippen LogP) is 5.73. The van der Waals surface area contributed by atoms with Crippen LogP contribution in [0, 0.1) is 0 Å². The van der Waals surface area contributed by atoms with Gasteiger partial charge in [-0.25, -0.2) is 8.42 Å². The quantitative estimate of drug-likeness (QED) is 0.338. The van der Waals surface area contributed by atoms with Crippen LogP contribution in [0.5, 0.6) is 0 Å². The highest BCUT2D eigenvalue weighted by Gasteiger charge is 2.29. The van der Waals surface area contributed by atoms with E-state index in [1.807, 2.05) is 35.8 Å². The minimum atomic E-state index is -3.73. The van der Waals surface area contributed by atoms with Crippen molar-refractivity contribution in [2.24, 2.45) is 4.99 Å². The number of thiazole rings is 1. The second kappa shape index (κ2) is 9.67. The molecule has 2 heterocycles. The van der Waals surface area contributed by atoms with Gasteiger partial charge in [-0.3, -0.25) is 9.10 Å². The van der Waals surface area contributed by atoms with E-state index in [-0.39, 0.29) is 10.8 Å². The van der Waals surface area contributed by atoms with Gasteiger partial charge in [0, 0.05) is 18.7 Å². The molecule has 0 aliphatic carbocycles. The summed E-state index contributed by atoms with van der Waals surface area (Å²) in [6, 6.07) is 20.1. The summed E-state index contributed by atoms with van der Waals surface area (Å²) in [5.74, 6) is 0.0295. The molecular weight excluding hydrogens is 490 g/mol. The zero-order chi connectivity index (χ0) is 25.4. The maximum atomic E-state index is 13.4. The molecule has 4 aromatic rings. The third-order valence-corrected chi connectivity index (χ3v) is 9.51. The number of anilines is 1. The molecule has 6 nitrogen and oxygen atoms in total. The van der Waals surface area contributed by atoms with Crippen LogP contribution in [0.1, 0.15) is 54.6 Å². The van der Waals surface area contributed by atoms with Gasteiger partial charge in [-0.05, 0) is 79.3 Å². The van der Waals surface area contributed by atoms with Crippen LogP contribution in [-0.4, -0.2) is 25.4 Å². The second-order valence-electron chi connectivity index (χ2n) is 9.26. The van der Waals surface area contributed by atoms with E-state index in [1.54, 1.807) is 12.1 Å². The van der Waals surface area contributed by atoms with E-state index in [4.69, 9.17) is 0 Å². The third-order valence-electron chi connectivity index (χ3n) is 6.64. The number of nitrogens with zero attached hydrogens (tertiary/aromatic N) is 3. The molecule has 186 valence electrons.